The molecule has 0 N–H and O–H groups in total. The number of Topliss-reactive ketones (excluding diaryl/α,β-unsaturated/α-hetero) is 1. The van der Waals surface area contributed by atoms with E-state index in [0.29, 0.717) is 17.5 Å². The third kappa shape index (κ3) is 2.50. The molecular formula is C14H12O2S. The van der Waals surface area contributed by atoms with Crippen molar-refractivity contribution in [2.45, 2.75) is 13.3 Å². The van der Waals surface area contributed by atoms with E-state index in [1.165, 1.54) is 11.3 Å². The Morgan fingerprint density at radius 2 is 1.71 bits per heavy atom. The maximum absolute atomic E-state index is 12.0. The van der Waals surface area contributed by atoms with Gasteiger partial charge in [0.15, 0.2) is 5.78 Å². The lowest BCUT2D eigenvalue weighted by Gasteiger charge is -2.00. The molecule has 0 unspecified atom stereocenters. The number of thiophene rings is 1. The fourth-order valence-corrected chi connectivity index (χ4v) is 2.25. The standard InChI is InChI=1S/C14H12O2S/c1-2-12(15)10-5-7-11(8-6-10)14(16)13-4-3-9-17-13/h3-9H,2H2,1H3. The minimum atomic E-state index is 0.00972. The Hall–Kier alpha value is -1.74. The number of hydrogen-bond donors (Lipinski definition) is 0. The summed E-state index contributed by atoms with van der Waals surface area (Å²) in [6, 6.07) is 10.5. The molecule has 0 saturated carbocycles. The molecule has 86 valence electrons. The largest absolute Gasteiger partial charge is 0.294 e. The summed E-state index contributed by atoms with van der Waals surface area (Å²) in [6.45, 7) is 1.83. The van der Waals surface area contributed by atoms with E-state index in [-0.39, 0.29) is 11.6 Å². The maximum atomic E-state index is 12.0. The van der Waals surface area contributed by atoms with Gasteiger partial charge in [-0.05, 0) is 11.4 Å². The highest BCUT2D eigenvalue weighted by Gasteiger charge is 2.10. The van der Waals surface area contributed by atoms with Gasteiger partial charge in [0.1, 0.15) is 0 Å². The van der Waals surface area contributed by atoms with Crippen molar-refractivity contribution in [2.75, 3.05) is 0 Å². The number of carbonyl (C=O) groups excluding carboxylic acids is 2. The van der Waals surface area contributed by atoms with Gasteiger partial charge in [0.2, 0.25) is 5.78 Å². The first-order valence-corrected chi connectivity index (χ1v) is 6.32. The van der Waals surface area contributed by atoms with E-state index in [1.807, 2.05) is 18.4 Å². The van der Waals surface area contributed by atoms with E-state index >= 15 is 0 Å². The molecule has 0 aliphatic heterocycles. The van der Waals surface area contributed by atoms with Crippen LogP contribution in [0.1, 0.15) is 38.9 Å². The van der Waals surface area contributed by atoms with Crippen molar-refractivity contribution in [3.05, 3.63) is 57.8 Å². The second-order valence-electron chi connectivity index (χ2n) is 3.66. The summed E-state index contributed by atoms with van der Waals surface area (Å²) >= 11 is 1.42. The van der Waals surface area contributed by atoms with Crippen molar-refractivity contribution in [2.24, 2.45) is 0 Å². The van der Waals surface area contributed by atoms with Gasteiger partial charge in [-0.15, -0.1) is 11.3 Å². The molecule has 1 aromatic heterocycles. The molecule has 0 amide bonds. The number of benzene rings is 1. The van der Waals surface area contributed by atoms with Gasteiger partial charge >= 0.3 is 0 Å². The summed E-state index contributed by atoms with van der Waals surface area (Å²) in [7, 11) is 0. The maximum Gasteiger partial charge on any atom is 0.202 e. The van der Waals surface area contributed by atoms with Crippen molar-refractivity contribution in [1.29, 1.82) is 0 Å². The van der Waals surface area contributed by atoms with Gasteiger partial charge in [0.05, 0.1) is 4.88 Å². The molecule has 1 heterocycles. The molecule has 0 radical (unpaired) electrons. The Labute approximate surface area is 104 Å². The fraction of sp³-hybridized carbons (Fsp3) is 0.143. The van der Waals surface area contributed by atoms with E-state index < -0.39 is 0 Å². The van der Waals surface area contributed by atoms with Gasteiger partial charge in [-0.3, -0.25) is 9.59 Å². The smallest absolute Gasteiger partial charge is 0.202 e. The van der Waals surface area contributed by atoms with Gasteiger partial charge in [-0.2, -0.15) is 0 Å². The number of rotatable bonds is 4. The second kappa shape index (κ2) is 5.06. The lowest BCUT2D eigenvalue weighted by atomic mass is 10.0. The molecule has 2 rings (SSSR count). The predicted octanol–water partition coefficient (Wildman–Crippen LogP) is 3.57. The van der Waals surface area contributed by atoms with Crippen LogP contribution in [-0.4, -0.2) is 11.6 Å². The Bertz CT molecular complexity index is 524. The molecule has 0 spiro atoms. The molecule has 0 bridgehead atoms. The molecule has 0 aliphatic rings. The Kier molecular flexibility index (Phi) is 3.49. The van der Waals surface area contributed by atoms with Gasteiger partial charge in [-0.25, -0.2) is 0 Å². The molecule has 0 fully saturated rings. The summed E-state index contributed by atoms with van der Waals surface area (Å²) in [5.41, 5.74) is 1.29. The number of carbonyl (C=O) groups is 2. The average Bonchev–Trinajstić information content (AvgIpc) is 2.91. The van der Waals surface area contributed by atoms with E-state index in [0.717, 1.165) is 4.88 Å². The van der Waals surface area contributed by atoms with Crippen LogP contribution in [0.5, 0.6) is 0 Å². The summed E-state index contributed by atoms with van der Waals surface area (Å²) in [4.78, 5) is 24.1. The van der Waals surface area contributed by atoms with Gasteiger partial charge in [-0.1, -0.05) is 37.3 Å². The lowest BCUT2D eigenvalue weighted by molar-refractivity contribution is 0.0985. The van der Waals surface area contributed by atoms with Crippen LogP contribution in [0.15, 0.2) is 41.8 Å². The lowest BCUT2D eigenvalue weighted by Crippen LogP contribution is -2.01. The van der Waals surface area contributed by atoms with Crippen LogP contribution >= 0.6 is 11.3 Å². The summed E-state index contributed by atoms with van der Waals surface area (Å²) in [5, 5.41) is 1.88. The molecule has 2 aromatic rings. The third-order valence-corrected chi connectivity index (χ3v) is 3.40. The van der Waals surface area contributed by atoms with E-state index in [1.54, 1.807) is 30.3 Å². The van der Waals surface area contributed by atoms with Crippen LogP contribution in [0, 0.1) is 0 Å². The molecule has 2 nitrogen and oxygen atoms in total. The third-order valence-electron chi connectivity index (χ3n) is 2.54. The predicted molar refractivity (Wildman–Crippen MR) is 68.8 cm³/mol. The topological polar surface area (TPSA) is 34.1 Å². The van der Waals surface area contributed by atoms with Crippen molar-refractivity contribution >= 4 is 22.9 Å². The molecule has 1 aromatic carbocycles. The summed E-state index contributed by atoms with van der Waals surface area (Å²) in [5.74, 6) is 0.107. The van der Waals surface area contributed by atoms with Gasteiger partial charge < -0.3 is 0 Å². The molecule has 0 aliphatic carbocycles. The van der Waals surface area contributed by atoms with Gasteiger partial charge in [0, 0.05) is 17.5 Å². The van der Waals surface area contributed by atoms with Gasteiger partial charge in [0.25, 0.3) is 0 Å². The van der Waals surface area contributed by atoms with Crippen molar-refractivity contribution in [3.8, 4) is 0 Å². The second-order valence-corrected chi connectivity index (χ2v) is 4.61. The Balaban J connectivity index is 2.24. The highest BCUT2D eigenvalue weighted by Crippen LogP contribution is 2.16. The summed E-state index contributed by atoms with van der Waals surface area (Å²) in [6.07, 6.45) is 0.484. The molecular weight excluding hydrogens is 232 g/mol. The zero-order chi connectivity index (χ0) is 12.3. The van der Waals surface area contributed by atoms with Crippen LogP contribution in [0.4, 0.5) is 0 Å². The van der Waals surface area contributed by atoms with E-state index in [4.69, 9.17) is 0 Å². The van der Waals surface area contributed by atoms with E-state index in [9.17, 15) is 9.59 Å². The monoisotopic (exact) mass is 244 g/mol. The van der Waals surface area contributed by atoms with Crippen molar-refractivity contribution < 1.29 is 9.59 Å². The Morgan fingerprint density at radius 1 is 1.06 bits per heavy atom. The molecule has 0 atom stereocenters. The number of hydrogen-bond acceptors (Lipinski definition) is 3. The minimum absolute atomic E-state index is 0.00972. The highest BCUT2D eigenvalue weighted by molar-refractivity contribution is 7.12. The quantitative estimate of drug-likeness (QED) is 0.770. The first-order valence-electron chi connectivity index (χ1n) is 5.44. The van der Waals surface area contributed by atoms with Crippen LogP contribution < -0.4 is 0 Å². The van der Waals surface area contributed by atoms with Crippen LogP contribution in [0.2, 0.25) is 0 Å². The number of ketones is 2. The zero-order valence-electron chi connectivity index (χ0n) is 9.47. The van der Waals surface area contributed by atoms with Crippen molar-refractivity contribution in [1.82, 2.24) is 0 Å². The Morgan fingerprint density at radius 3 is 2.24 bits per heavy atom. The SMILES string of the molecule is CCC(=O)c1ccc(C(=O)c2cccs2)cc1. The highest BCUT2D eigenvalue weighted by atomic mass is 32.1. The normalized spacial score (nSPS) is 10.2. The summed E-state index contributed by atoms with van der Waals surface area (Å²) < 4.78 is 0. The first-order chi connectivity index (χ1) is 8.22. The van der Waals surface area contributed by atoms with E-state index in [2.05, 4.69) is 0 Å². The molecule has 3 heteroatoms. The molecule has 17 heavy (non-hydrogen) atoms. The first kappa shape index (κ1) is 11.7. The van der Waals surface area contributed by atoms with Crippen LogP contribution in [0.25, 0.3) is 0 Å². The average molecular weight is 244 g/mol. The zero-order valence-corrected chi connectivity index (χ0v) is 10.3. The molecule has 0 saturated heterocycles. The van der Waals surface area contributed by atoms with Crippen LogP contribution in [0.3, 0.4) is 0 Å². The minimum Gasteiger partial charge on any atom is -0.294 e. The van der Waals surface area contributed by atoms with Crippen molar-refractivity contribution in [3.63, 3.8) is 0 Å². The fourth-order valence-electron chi connectivity index (χ4n) is 1.56. The van der Waals surface area contributed by atoms with Crippen LogP contribution in [-0.2, 0) is 0 Å².